The number of nitrogens with zero attached hydrogens (tertiary/aromatic N) is 1. The van der Waals surface area contributed by atoms with Gasteiger partial charge < -0.3 is 10.1 Å². The van der Waals surface area contributed by atoms with Gasteiger partial charge in [-0.25, -0.2) is 4.99 Å². The second kappa shape index (κ2) is 5.23. The van der Waals surface area contributed by atoms with Crippen LogP contribution in [0.4, 0.5) is 0 Å². The molecule has 0 atom stereocenters. The Morgan fingerprint density at radius 3 is 2.89 bits per heavy atom. The van der Waals surface area contributed by atoms with E-state index >= 15 is 0 Å². The van der Waals surface area contributed by atoms with Crippen molar-refractivity contribution in [3.8, 4) is 5.75 Å². The zero-order chi connectivity index (χ0) is 13.1. The number of nitrogens with one attached hydrogen (secondary N) is 1. The average Bonchev–Trinajstić information content (AvgIpc) is 2.71. The minimum Gasteiger partial charge on any atom is -0.496 e. The molecule has 0 radical (unpaired) electrons. The van der Waals surface area contributed by atoms with Gasteiger partial charge in [-0.1, -0.05) is 18.5 Å². The van der Waals surface area contributed by atoms with Crippen LogP contribution in [0.25, 0.3) is 6.08 Å². The van der Waals surface area contributed by atoms with Gasteiger partial charge in [-0.2, -0.15) is 0 Å². The Kier molecular flexibility index (Phi) is 3.67. The summed E-state index contributed by atoms with van der Waals surface area (Å²) in [5, 5.41) is 3.28. The summed E-state index contributed by atoms with van der Waals surface area (Å²) < 4.78 is 5.22. The molecule has 1 aromatic carbocycles. The van der Waals surface area contributed by atoms with Crippen LogP contribution >= 0.6 is 11.6 Å². The predicted molar refractivity (Wildman–Crippen MR) is 71.8 cm³/mol. The number of amidine groups is 1. The summed E-state index contributed by atoms with van der Waals surface area (Å²) in [6.07, 6.45) is 2.36. The second-order valence-corrected chi connectivity index (χ2v) is 4.22. The van der Waals surface area contributed by atoms with Gasteiger partial charge in [0.05, 0.1) is 7.11 Å². The third-order valence-corrected chi connectivity index (χ3v) is 2.80. The van der Waals surface area contributed by atoms with Gasteiger partial charge >= 0.3 is 0 Å². The number of rotatable bonds is 3. The molecule has 0 spiro atoms. The summed E-state index contributed by atoms with van der Waals surface area (Å²) in [4.78, 5) is 15.9. The van der Waals surface area contributed by atoms with Crippen LogP contribution in [-0.4, -0.2) is 18.9 Å². The molecule has 5 heteroatoms. The smallest absolute Gasteiger partial charge is 0.275 e. The standard InChI is InChI=1S/C13H13ClN2O2/c1-3-12-15-10(13(17)16-12)7-8-6-9(14)4-5-11(8)18-2/h4-7H,3H2,1-2H3,(H,15,16,17)/b10-7+. The largest absolute Gasteiger partial charge is 0.496 e. The molecule has 18 heavy (non-hydrogen) atoms. The van der Waals surface area contributed by atoms with E-state index in [1.807, 2.05) is 6.92 Å². The van der Waals surface area contributed by atoms with Crippen molar-refractivity contribution < 1.29 is 9.53 Å². The Morgan fingerprint density at radius 2 is 2.28 bits per heavy atom. The number of ether oxygens (including phenoxy) is 1. The Labute approximate surface area is 110 Å². The summed E-state index contributed by atoms with van der Waals surface area (Å²) in [6.45, 7) is 1.93. The summed E-state index contributed by atoms with van der Waals surface area (Å²) in [5.74, 6) is 1.13. The summed E-state index contributed by atoms with van der Waals surface area (Å²) in [6, 6.07) is 5.23. The third kappa shape index (κ3) is 2.54. The number of aliphatic imine (C=N–C) groups is 1. The normalized spacial score (nSPS) is 16.7. The fourth-order valence-corrected chi connectivity index (χ4v) is 1.83. The van der Waals surface area contributed by atoms with Gasteiger partial charge in [-0.05, 0) is 24.3 Å². The van der Waals surface area contributed by atoms with Crippen molar-refractivity contribution in [3.63, 3.8) is 0 Å². The lowest BCUT2D eigenvalue weighted by atomic mass is 10.1. The van der Waals surface area contributed by atoms with E-state index in [-0.39, 0.29) is 5.91 Å². The first-order valence-corrected chi connectivity index (χ1v) is 5.96. The number of methoxy groups -OCH3 is 1. The second-order valence-electron chi connectivity index (χ2n) is 3.78. The summed E-state index contributed by atoms with van der Waals surface area (Å²) >= 11 is 5.93. The highest BCUT2D eigenvalue weighted by molar-refractivity contribution is 6.30. The number of carbonyl (C=O) groups is 1. The van der Waals surface area contributed by atoms with Crippen molar-refractivity contribution in [1.82, 2.24) is 5.32 Å². The number of halogens is 1. The van der Waals surface area contributed by atoms with E-state index in [4.69, 9.17) is 16.3 Å². The fourth-order valence-electron chi connectivity index (χ4n) is 1.65. The van der Waals surface area contributed by atoms with E-state index in [0.717, 1.165) is 5.56 Å². The zero-order valence-corrected chi connectivity index (χ0v) is 10.9. The van der Waals surface area contributed by atoms with Gasteiger partial charge in [-0.3, -0.25) is 4.79 Å². The monoisotopic (exact) mass is 264 g/mol. The molecule has 2 rings (SSSR count). The quantitative estimate of drug-likeness (QED) is 0.854. The maximum absolute atomic E-state index is 11.7. The highest BCUT2D eigenvalue weighted by Gasteiger charge is 2.19. The number of hydrogen-bond acceptors (Lipinski definition) is 3. The van der Waals surface area contributed by atoms with Crippen LogP contribution in [0, 0.1) is 0 Å². The van der Waals surface area contributed by atoms with E-state index in [1.165, 1.54) is 0 Å². The fraction of sp³-hybridized carbons (Fsp3) is 0.231. The average molecular weight is 265 g/mol. The van der Waals surface area contributed by atoms with E-state index < -0.39 is 0 Å². The SMILES string of the molecule is CCC1=N/C(=C/c2cc(Cl)ccc2OC)C(=O)N1. The molecule has 0 aliphatic carbocycles. The van der Waals surface area contributed by atoms with Crippen LogP contribution in [0.15, 0.2) is 28.9 Å². The van der Waals surface area contributed by atoms with Gasteiger partial charge in [0, 0.05) is 17.0 Å². The molecule has 1 heterocycles. The minimum atomic E-state index is -0.200. The molecular formula is C13H13ClN2O2. The van der Waals surface area contributed by atoms with Crippen LogP contribution in [0.1, 0.15) is 18.9 Å². The first-order valence-electron chi connectivity index (χ1n) is 5.58. The first-order chi connectivity index (χ1) is 8.63. The predicted octanol–water partition coefficient (Wildman–Crippen LogP) is 2.63. The van der Waals surface area contributed by atoms with Gasteiger partial charge in [0.25, 0.3) is 5.91 Å². The van der Waals surface area contributed by atoms with Crippen LogP contribution in [0.2, 0.25) is 5.02 Å². The highest BCUT2D eigenvalue weighted by atomic mass is 35.5. The van der Waals surface area contributed by atoms with Crippen molar-refractivity contribution >= 4 is 29.4 Å². The van der Waals surface area contributed by atoms with E-state index in [0.29, 0.717) is 28.7 Å². The van der Waals surface area contributed by atoms with Crippen LogP contribution < -0.4 is 10.1 Å². The van der Waals surface area contributed by atoms with Crippen molar-refractivity contribution in [3.05, 3.63) is 34.5 Å². The Balaban J connectivity index is 2.41. The molecule has 0 saturated carbocycles. The van der Waals surface area contributed by atoms with Crippen molar-refractivity contribution in [2.75, 3.05) is 7.11 Å². The van der Waals surface area contributed by atoms with Crippen LogP contribution in [-0.2, 0) is 4.79 Å². The maximum Gasteiger partial charge on any atom is 0.275 e. The molecule has 4 nitrogen and oxygen atoms in total. The third-order valence-electron chi connectivity index (χ3n) is 2.56. The lowest BCUT2D eigenvalue weighted by Crippen LogP contribution is -2.23. The van der Waals surface area contributed by atoms with Gasteiger partial charge in [0.15, 0.2) is 0 Å². The summed E-state index contributed by atoms with van der Waals surface area (Å²) in [7, 11) is 1.57. The molecule has 1 aliphatic rings. The van der Waals surface area contributed by atoms with E-state index in [1.54, 1.807) is 31.4 Å². The lowest BCUT2D eigenvalue weighted by Gasteiger charge is -2.05. The van der Waals surface area contributed by atoms with Gasteiger partial charge in [0.2, 0.25) is 0 Å². The molecule has 0 bridgehead atoms. The molecule has 1 aliphatic heterocycles. The van der Waals surface area contributed by atoms with Crippen LogP contribution in [0.3, 0.4) is 0 Å². The summed E-state index contributed by atoms with van der Waals surface area (Å²) in [5.41, 5.74) is 1.10. The lowest BCUT2D eigenvalue weighted by molar-refractivity contribution is -0.115. The first kappa shape index (κ1) is 12.6. The van der Waals surface area contributed by atoms with Crippen molar-refractivity contribution in [2.24, 2.45) is 4.99 Å². The Hall–Kier alpha value is -1.81. The van der Waals surface area contributed by atoms with E-state index in [9.17, 15) is 4.79 Å². The highest BCUT2D eigenvalue weighted by Crippen LogP contribution is 2.25. The number of benzene rings is 1. The van der Waals surface area contributed by atoms with Gasteiger partial charge in [0.1, 0.15) is 17.3 Å². The number of carbonyl (C=O) groups excluding carboxylic acids is 1. The number of amides is 1. The molecule has 1 aromatic rings. The topological polar surface area (TPSA) is 50.7 Å². The molecule has 94 valence electrons. The van der Waals surface area contributed by atoms with Crippen LogP contribution in [0.5, 0.6) is 5.75 Å². The molecule has 1 N–H and O–H groups in total. The molecule has 0 unspecified atom stereocenters. The molecule has 0 fully saturated rings. The number of hydrogen-bond donors (Lipinski definition) is 1. The van der Waals surface area contributed by atoms with Crippen molar-refractivity contribution in [1.29, 1.82) is 0 Å². The Morgan fingerprint density at radius 1 is 1.50 bits per heavy atom. The maximum atomic E-state index is 11.7. The molecule has 0 aromatic heterocycles. The Bertz CT molecular complexity index is 550. The zero-order valence-electron chi connectivity index (χ0n) is 10.2. The molecule has 0 saturated heterocycles. The van der Waals surface area contributed by atoms with E-state index in [2.05, 4.69) is 10.3 Å². The minimum absolute atomic E-state index is 0.200. The van der Waals surface area contributed by atoms with Gasteiger partial charge in [-0.15, -0.1) is 0 Å². The van der Waals surface area contributed by atoms with Crippen molar-refractivity contribution in [2.45, 2.75) is 13.3 Å². The molecular weight excluding hydrogens is 252 g/mol. The molecule has 1 amide bonds.